The maximum Gasteiger partial charge on any atom is 0.129 e. The van der Waals surface area contributed by atoms with Gasteiger partial charge in [-0.15, -0.1) is 0 Å². The highest BCUT2D eigenvalue weighted by Gasteiger charge is 2.12. The fourth-order valence-corrected chi connectivity index (χ4v) is 2.36. The van der Waals surface area contributed by atoms with Crippen LogP contribution >= 0.6 is 15.9 Å². The third-order valence-electron chi connectivity index (χ3n) is 2.99. The Morgan fingerprint density at radius 1 is 1.25 bits per heavy atom. The van der Waals surface area contributed by atoms with Crippen LogP contribution in [0.3, 0.4) is 0 Å². The zero-order valence-electron chi connectivity index (χ0n) is 11.0. The highest BCUT2D eigenvalue weighted by Crippen LogP contribution is 2.14. The highest BCUT2D eigenvalue weighted by molar-refractivity contribution is 9.10. The lowest BCUT2D eigenvalue weighted by molar-refractivity contribution is 0.499. The molecule has 0 bridgehead atoms. The third kappa shape index (κ3) is 4.08. The minimum absolute atomic E-state index is 0.0413. The highest BCUT2D eigenvalue weighted by atomic mass is 79.9. The van der Waals surface area contributed by atoms with Gasteiger partial charge in [0.2, 0.25) is 0 Å². The molecule has 0 aliphatic heterocycles. The third-order valence-corrected chi connectivity index (χ3v) is 3.42. The molecule has 1 heterocycles. The van der Waals surface area contributed by atoms with E-state index in [1.807, 2.05) is 13.0 Å². The van der Waals surface area contributed by atoms with E-state index in [-0.39, 0.29) is 11.6 Å². The molecule has 0 aliphatic carbocycles. The molecule has 0 aliphatic rings. The molecule has 20 heavy (non-hydrogen) atoms. The summed E-state index contributed by atoms with van der Waals surface area (Å²) in [5.74, 6) is -0.995. The van der Waals surface area contributed by atoms with E-state index >= 15 is 0 Å². The Kier molecular flexibility index (Phi) is 5.20. The lowest BCUT2D eigenvalue weighted by Crippen LogP contribution is -2.28. The summed E-state index contributed by atoms with van der Waals surface area (Å²) in [6.07, 6.45) is 3.77. The monoisotopic (exact) mass is 340 g/mol. The van der Waals surface area contributed by atoms with E-state index in [1.54, 1.807) is 12.4 Å². The van der Waals surface area contributed by atoms with E-state index in [4.69, 9.17) is 0 Å². The number of rotatable bonds is 5. The number of aromatic nitrogens is 1. The van der Waals surface area contributed by atoms with Crippen molar-refractivity contribution in [1.29, 1.82) is 0 Å². The van der Waals surface area contributed by atoms with Gasteiger partial charge in [-0.3, -0.25) is 4.98 Å². The van der Waals surface area contributed by atoms with E-state index < -0.39 is 11.6 Å². The van der Waals surface area contributed by atoms with Crippen LogP contribution in [0.5, 0.6) is 0 Å². The number of benzene rings is 1. The Morgan fingerprint density at radius 3 is 2.60 bits per heavy atom. The molecule has 1 unspecified atom stereocenters. The van der Waals surface area contributed by atoms with Gasteiger partial charge in [-0.1, -0.05) is 6.07 Å². The molecule has 0 saturated heterocycles. The van der Waals surface area contributed by atoms with Gasteiger partial charge in [-0.05, 0) is 53.0 Å². The number of hydrogen-bond donors (Lipinski definition) is 1. The van der Waals surface area contributed by atoms with Crippen LogP contribution in [-0.4, -0.2) is 11.0 Å². The van der Waals surface area contributed by atoms with Gasteiger partial charge in [0, 0.05) is 35.0 Å². The number of halogens is 3. The molecule has 2 nitrogen and oxygen atoms in total. The molecule has 0 spiro atoms. The lowest BCUT2D eigenvalue weighted by atomic mass is 10.1. The first-order chi connectivity index (χ1) is 9.56. The zero-order chi connectivity index (χ0) is 14.5. The van der Waals surface area contributed by atoms with Crippen LogP contribution < -0.4 is 5.32 Å². The van der Waals surface area contributed by atoms with Crippen molar-refractivity contribution < 1.29 is 8.78 Å². The molecule has 5 heteroatoms. The molecule has 1 atom stereocenters. The van der Waals surface area contributed by atoms with Gasteiger partial charge in [-0.2, -0.15) is 0 Å². The number of nitrogens with zero attached hydrogens (tertiary/aromatic N) is 1. The Morgan fingerprint density at radius 2 is 1.95 bits per heavy atom. The van der Waals surface area contributed by atoms with Crippen LogP contribution in [0.4, 0.5) is 8.78 Å². The second-order valence-corrected chi connectivity index (χ2v) is 5.61. The number of nitrogens with one attached hydrogen (secondary N) is 1. The summed E-state index contributed by atoms with van der Waals surface area (Å²) in [6.45, 7) is 2.50. The molecule has 1 aromatic heterocycles. The van der Waals surface area contributed by atoms with E-state index in [9.17, 15) is 8.78 Å². The van der Waals surface area contributed by atoms with E-state index in [1.165, 1.54) is 18.2 Å². The van der Waals surface area contributed by atoms with Crippen LogP contribution in [0.15, 0.2) is 41.1 Å². The predicted octanol–water partition coefficient (Wildman–Crippen LogP) is 3.84. The van der Waals surface area contributed by atoms with E-state index in [0.717, 1.165) is 10.0 Å². The van der Waals surface area contributed by atoms with Crippen LogP contribution in [0.1, 0.15) is 18.1 Å². The lowest BCUT2D eigenvalue weighted by Gasteiger charge is -2.15. The molecule has 2 aromatic rings. The Bertz CT molecular complexity index is 570. The second-order valence-electron chi connectivity index (χ2n) is 4.70. The van der Waals surface area contributed by atoms with Crippen molar-refractivity contribution in [2.45, 2.75) is 25.9 Å². The first-order valence-corrected chi connectivity index (χ1v) is 7.11. The van der Waals surface area contributed by atoms with Crippen LogP contribution in [0.2, 0.25) is 0 Å². The number of pyridine rings is 1. The fraction of sp³-hybridized carbons (Fsp3) is 0.267. The van der Waals surface area contributed by atoms with Gasteiger partial charge in [0.05, 0.1) is 0 Å². The molecule has 2 rings (SSSR count). The van der Waals surface area contributed by atoms with Crippen molar-refractivity contribution in [3.05, 3.63) is 63.9 Å². The molecular weight excluding hydrogens is 326 g/mol. The molecule has 0 saturated carbocycles. The molecule has 1 aromatic carbocycles. The van der Waals surface area contributed by atoms with Crippen molar-refractivity contribution >= 4 is 15.9 Å². The van der Waals surface area contributed by atoms with Crippen LogP contribution in [0, 0.1) is 11.6 Å². The molecule has 106 valence electrons. The average molecular weight is 341 g/mol. The zero-order valence-corrected chi connectivity index (χ0v) is 12.6. The van der Waals surface area contributed by atoms with Crippen molar-refractivity contribution in [2.75, 3.05) is 0 Å². The minimum Gasteiger partial charge on any atom is -0.310 e. The minimum atomic E-state index is -0.497. The smallest absolute Gasteiger partial charge is 0.129 e. The summed E-state index contributed by atoms with van der Waals surface area (Å²) in [5.41, 5.74) is 1.14. The molecule has 0 fully saturated rings. The summed E-state index contributed by atoms with van der Waals surface area (Å²) in [5, 5.41) is 3.23. The summed E-state index contributed by atoms with van der Waals surface area (Å²) < 4.78 is 28.0. The van der Waals surface area contributed by atoms with Crippen LogP contribution in [-0.2, 0) is 13.0 Å². The fourth-order valence-electron chi connectivity index (χ4n) is 1.95. The van der Waals surface area contributed by atoms with Gasteiger partial charge >= 0.3 is 0 Å². The van der Waals surface area contributed by atoms with Gasteiger partial charge < -0.3 is 5.32 Å². The SMILES string of the molecule is CC(Cc1c(F)cccc1F)NCc1cncc(Br)c1. The first-order valence-electron chi connectivity index (χ1n) is 6.32. The summed E-state index contributed by atoms with van der Waals surface area (Å²) >= 11 is 3.35. The molecule has 1 N–H and O–H groups in total. The van der Waals surface area contributed by atoms with Crippen molar-refractivity contribution in [1.82, 2.24) is 10.3 Å². The van der Waals surface area contributed by atoms with E-state index in [2.05, 4.69) is 26.2 Å². The maximum absolute atomic E-state index is 13.5. The second kappa shape index (κ2) is 6.90. The quantitative estimate of drug-likeness (QED) is 0.894. The molecule has 0 amide bonds. The first kappa shape index (κ1) is 15.1. The largest absolute Gasteiger partial charge is 0.310 e. The molecule has 0 radical (unpaired) electrons. The topological polar surface area (TPSA) is 24.9 Å². The number of hydrogen-bond acceptors (Lipinski definition) is 2. The van der Waals surface area contributed by atoms with Gasteiger partial charge in [-0.25, -0.2) is 8.78 Å². The molecular formula is C15H15BrF2N2. The average Bonchev–Trinajstić information content (AvgIpc) is 2.41. The van der Waals surface area contributed by atoms with Crippen LogP contribution in [0.25, 0.3) is 0 Å². The van der Waals surface area contributed by atoms with Gasteiger partial charge in [0.25, 0.3) is 0 Å². The summed E-state index contributed by atoms with van der Waals surface area (Å²) in [4.78, 5) is 4.07. The van der Waals surface area contributed by atoms with Gasteiger partial charge in [0.15, 0.2) is 0 Å². The van der Waals surface area contributed by atoms with Crippen molar-refractivity contribution in [3.63, 3.8) is 0 Å². The van der Waals surface area contributed by atoms with E-state index in [0.29, 0.717) is 13.0 Å². The summed E-state index contributed by atoms with van der Waals surface area (Å²) in [7, 11) is 0. The van der Waals surface area contributed by atoms with Crippen molar-refractivity contribution in [2.24, 2.45) is 0 Å². The Balaban J connectivity index is 1.94. The maximum atomic E-state index is 13.5. The Hall–Kier alpha value is -1.33. The van der Waals surface area contributed by atoms with Crippen molar-refractivity contribution in [3.8, 4) is 0 Å². The normalized spacial score (nSPS) is 12.4. The summed E-state index contributed by atoms with van der Waals surface area (Å²) in [6, 6.07) is 5.85. The van der Waals surface area contributed by atoms with Gasteiger partial charge in [0.1, 0.15) is 11.6 Å². The predicted molar refractivity (Wildman–Crippen MR) is 78.3 cm³/mol. The standard InChI is InChI=1S/C15H15BrF2N2/c1-10(5-13-14(17)3-2-4-15(13)18)20-8-11-6-12(16)9-19-7-11/h2-4,6-7,9-10,20H,5,8H2,1H3. The Labute approximate surface area is 125 Å².